The molecular formula is C22H27N3O5S2. The maximum atomic E-state index is 13.2. The molecule has 32 heavy (non-hydrogen) atoms. The molecule has 8 nitrogen and oxygen atoms in total. The van der Waals surface area contributed by atoms with Gasteiger partial charge in [-0.2, -0.15) is 0 Å². The van der Waals surface area contributed by atoms with E-state index in [-0.39, 0.29) is 22.3 Å². The van der Waals surface area contributed by atoms with Gasteiger partial charge in [-0.15, -0.1) is 0 Å². The van der Waals surface area contributed by atoms with Gasteiger partial charge in [0.15, 0.2) is 9.84 Å². The number of nitrogens with zero attached hydrogens (tertiary/aromatic N) is 2. The number of sulfone groups is 1. The van der Waals surface area contributed by atoms with E-state index in [1.54, 1.807) is 55.6 Å². The van der Waals surface area contributed by atoms with Crippen molar-refractivity contribution >= 4 is 31.2 Å². The number of imidazole rings is 1. The average Bonchev–Trinajstić information content (AvgIpc) is 3.40. The van der Waals surface area contributed by atoms with Crippen LogP contribution in [-0.2, 0) is 19.9 Å². The molecule has 0 saturated heterocycles. The lowest BCUT2D eigenvalue weighted by molar-refractivity contribution is 0.401. The van der Waals surface area contributed by atoms with Gasteiger partial charge in [0.2, 0.25) is 10.0 Å². The number of ether oxygens (including phenoxy) is 1. The largest absolute Gasteiger partial charge is 0.495 e. The number of anilines is 1. The summed E-state index contributed by atoms with van der Waals surface area (Å²) in [4.78, 5) is 4.46. The van der Waals surface area contributed by atoms with Crippen LogP contribution in [0.3, 0.4) is 0 Å². The summed E-state index contributed by atoms with van der Waals surface area (Å²) in [6, 6.07) is 8.57. The lowest BCUT2D eigenvalue weighted by Crippen LogP contribution is -2.28. The summed E-state index contributed by atoms with van der Waals surface area (Å²) >= 11 is 0. The van der Waals surface area contributed by atoms with E-state index < -0.39 is 24.6 Å². The zero-order valence-electron chi connectivity index (χ0n) is 18.5. The first-order valence-electron chi connectivity index (χ1n) is 10.3. The first-order valence-corrected chi connectivity index (χ1v) is 13.5. The zero-order chi connectivity index (χ0) is 23.3. The molecule has 3 aromatic rings. The second-order valence-electron chi connectivity index (χ2n) is 9.10. The molecule has 1 saturated carbocycles. The lowest BCUT2D eigenvalue weighted by atomic mass is 10.1. The van der Waals surface area contributed by atoms with Crippen LogP contribution in [0, 0.1) is 5.92 Å². The molecule has 0 aliphatic heterocycles. The van der Waals surface area contributed by atoms with Crippen LogP contribution in [0.5, 0.6) is 5.75 Å². The zero-order valence-corrected chi connectivity index (χ0v) is 20.1. The Morgan fingerprint density at radius 3 is 2.50 bits per heavy atom. The van der Waals surface area contributed by atoms with Gasteiger partial charge >= 0.3 is 0 Å². The van der Waals surface area contributed by atoms with Crippen molar-refractivity contribution in [3.63, 3.8) is 0 Å². The summed E-state index contributed by atoms with van der Waals surface area (Å²) in [6.45, 7) is 4.91. The van der Waals surface area contributed by atoms with Crippen LogP contribution in [0.1, 0.15) is 33.6 Å². The van der Waals surface area contributed by atoms with Crippen molar-refractivity contribution in [3.05, 3.63) is 42.7 Å². The number of fused-ring (bicyclic) bond motifs is 1. The molecule has 1 aliphatic rings. The minimum atomic E-state index is -3.69. The number of methoxy groups -OCH3 is 1. The Morgan fingerprint density at radius 1 is 1.16 bits per heavy atom. The SMILES string of the molecule is COc1cc2ncc(-c3cccc(NS(=O)(=O)CC4CC4)c3)n2cc1S(=O)(=O)C(C)(C)C. The van der Waals surface area contributed by atoms with E-state index in [4.69, 9.17) is 4.74 Å². The van der Waals surface area contributed by atoms with Crippen LogP contribution in [0.4, 0.5) is 5.69 Å². The van der Waals surface area contributed by atoms with Gasteiger partial charge < -0.3 is 4.74 Å². The van der Waals surface area contributed by atoms with E-state index in [1.807, 2.05) is 6.07 Å². The van der Waals surface area contributed by atoms with Gasteiger partial charge in [0.25, 0.3) is 0 Å². The number of aromatic nitrogens is 2. The van der Waals surface area contributed by atoms with E-state index >= 15 is 0 Å². The molecular weight excluding hydrogens is 450 g/mol. The van der Waals surface area contributed by atoms with E-state index in [0.717, 1.165) is 12.8 Å². The number of benzene rings is 1. The topological polar surface area (TPSA) is 107 Å². The van der Waals surface area contributed by atoms with Crippen molar-refractivity contribution in [2.45, 2.75) is 43.3 Å². The number of pyridine rings is 1. The van der Waals surface area contributed by atoms with Gasteiger partial charge in [-0.3, -0.25) is 9.12 Å². The minimum Gasteiger partial charge on any atom is -0.495 e. The molecule has 2 heterocycles. The van der Waals surface area contributed by atoms with Gasteiger partial charge in [-0.1, -0.05) is 12.1 Å². The van der Waals surface area contributed by atoms with Crippen molar-refractivity contribution in [1.82, 2.24) is 9.38 Å². The normalized spacial score (nSPS) is 15.1. The van der Waals surface area contributed by atoms with Gasteiger partial charge in [0, 0.05) is 23.5 Å². The molecule has 1 N–H and O–H groups in total. The first-order chi connectivity index (χ1) is 14.9. The molecule has 1 aliphatic carbocycles. The molecule has 172 valence electrons. The average molecular weight is 478 g/mol. The molecule has 4 rings (SSSR count). The van der Waals surface area contributed by atoms with Crippen LogP contribution >= 0.6 is 0 Å². The summed E-state index contributed by atoms with van der Waals surface area (Å²) in [5.41, 5.74) is 2.31. The summed E-state index contributed by atoms with van der Waals surface area (Å²) in [5.74, 6) is 0.597. The van der Waals surface area contributed by atoms with Crippen LogP contribution in [0.15, 0.2) is 47.6 Å². The highest BCUT2D eigenvalue weighted by Crippen LogP contribution is 2.35. The van der Waals surface area contributed by atoms with E-state index in [0.29, 0.717) is 22.6 Å². The van der Waals surface area contributed by atoms with Crippen molar-refractivity contribution in [1.29, 1.82) is 0 Å². The van der Waals surface area contributed by atoms with Crippen molar-refractivity contribution in [2.75, 3.05) is 17.6 Å². The maximum absolute atomic E-state index is 13.2. The highest BCUT2D eigenvalue weighted by Gasteiger charge is 2.34. The Kier molecular flexibility index (Phi) is 5.49. The highest BCUT2D eigenvalue weighted by atomic mass is 32.2. The number of hydrogen-bond donors (Lipinski definition) is 1. The van der Waals surface area contributed by atoms with Crippen molar-refractivity contribution in [2.24, 2.45) is 5.92 Å². The fraction of sp³-hybridized carbons (Fsp3) is 0.409. The molecule has 0 radical (unpaired) electrons. The summed E-state index contributed by atoms with van der Waals surface area (Å²) in [6.07, 6.45) is 5.04. The maximum Gasteiger partial charge on any atom is 0.232 e. The molecule has 10 heteroatoms. The summed E-state index contributed by atoms with van der Waals surface area (Å²) in [5, 5.41) is 0. The van der Waals surface area contributed by atoms with E-state index in [9.17, 15) is 16.8 Å². The predicted molar refractivity (Wildman–Crippen MR) is 124 cm³/mol. The Balaban J connectivity index is 1.78. The third kappa shape index (κ3) is 4.33. The second-order valence-corrected chi connectivity index (χ2v) is 13.5. The first kappa shape index (κ1) is 22.6. The molecule has 0 spiro atoms. The van der Waals surface area contributed by atoms with Crippen LogP contribution in [-0.4, -0.2) is 43.8 Å². The molecule has 0 atom stereocenters. The minimum absolute atomic E-state index is 0.0699. The Hall–Kier alpha value is -2.59. The highest BCUT2D eigenvalue weighted by molar-refractivity contribution is 7.93. The quantitative estimate of drug-likeness (QED) is 0.556. The summed E-state index contributed by atoms with van der Waals surface area (Å²) in [7, 11) is -5.68. The van der Waals surface area contributed by atoms with Crippen molar-refractivity contribution in [3.8, 4) is 17.0 Å². The number of hydrogen-bond acceptors (Lipinski definition) is 6. The second kappa shape index (κ2) is 7.77. The van der Waals surface area contributed by atoms with Crippen molar-refractivity contribution < 1.29 is 21.6 Å². The number of rotatable bonds is 7. The van der Waals surface area contributed by atoms with Crippen LogP contribution < -0.4 is 9.46 Å². The molecule has 1 fully saturated rings. The Bertz CT molecular complexity index is 1380. The lowest BCUT2D eigenvalue weighted by Gasteiger charge is -2.21. The Labute approximate surface area is 188 Å². The van der Waals surface area contributed by atoms with Gasteiger partial charge in [-0.05, 0) is 51.7 Å². The van der Waals surface area contributed by atoms with E-state index in [1.165, 1.54) is 13.3 Å². The number of nitrogens with one attached hydrogen (secondary N) is 1. The fourth-order valence-electron chi connectivity index (χ4n) is 3.45. The molecule has 0 unspecified atom stereocenters. The monoisotopic (exact) mass is 477 g/mol. The molecule has 1 aromatic carbocycles. The smallest absolute Gasteiger partial charge is 0.232 e. The van der Waals surface area contributed by atoms with Gasteiger partial charge in [-0.25, -0.2) is 21.8 Å². The van der Waals surface area contributed by atoms with Crippen LogP contribution in [0.25, 0.3) is 16.9 Å². The fourth-order valence-corrected chi connectivity index (χ4v) is 6.28. The third-order valence-corrected chi connectivity index (χ3v) is 9.43. The standard InChI is InChI=1S/C22H27N3O5S2/c1-22(2,3)32(28,29)20-13-25-18(12-23-21(25)11-19(20)30-4)16-6-5-7-17(10-16)24-31(26,27)14-15-8-9-15/h5-7,10-13,15,24H,8-9,14H2,1-4H3. The molecule has 0 amide bonds. The van der Waals surface area contributed by atoms with Gasteiger partial charge in [0.1, 0.15) is 16.3 Å². The summed E-state index contributed by atoms with van der Waals surface area (Å²) < 4.78 is 59.7. The number of sulfonamides is 1. The van der Waals surface area contributed by atoms with Gasteiger partial charge in [0.05, 0.1) is 29.5 Å². The third-order valence-electron chi connectivity index (χ3n) is 5.47. The molecule has 0 bridgehead atoms. The van der Waals surface area contributed by atoms with E-state index in [2.05, 4.69) is 9.71 Å². The predicted octanol–water partition coefficient (Wildman–Crippen LogP) is 3.73. The Morgan fingerprint density at radius 2 is 1.88 bits per heavy atom. The molecule has 2 aromatic heterocycles. The van der Waals surface area contributed by atoms with Crippen LogP contribution in [0.2, 0.25) is 0 Å².